The number of amides is 2. The summed E-state index contributed by atoms with van der Waals surface area (Å²) >= 11 is 0. The van der Waals surface area contributed by atoms with Gasteiger partial charge in [0.1, 0.15) is 6.04 Å². The summed E-state index contributed by atoms with van der Waals surface area (Å²) in [6.45, 7) is 2.09. The number of likely N-dealkylation sites (tertiary alicyclic amines) is 1. The van der Waals surface area contributed by atoms with E-state index in [-0.39, 0.29) is 23.8 Å². The van der Waals surface area contributed by atoms with Crippen molar-refractivity contribution in [2.45, 2.75) is 18.9 Å². The quantitative estimate of drug-likeness (QED) is 0.800. The van der Waals surface area contributed by atoms with Gasteiger partial charge in [0.25, 0.3) is 0 Å². The fourth-order valence-electron chi connectivity index (χ4n) is 3.20. The highest BCUT2D eigenvalue weighted by Gasteiger charge is 2.33. The van der Waals surface area contributed by atoms with Crippen molar-refractivity contribution >= 4 is 11.8 Å². The first-order chi connectivity index (χ1) is 11.5. The predicted octanol–water partition coefficient (Wildman–Crippen LogP) is 0.603. The molecule has 0 saturated carbocycles. The van der Waals surface area contributed by atoms with Crippen LogP contribution in [-0.4, -0.2) is 61.9 Å². The number of piperidine rings is 1. The number of benzene rings is 1. The van der Waals surface area contributed by atoms with Crippen molar-refractivity contribution in [3.63, 3.8) is 0 Å². The topological polar surface area (TPSA) is 78.7 Å². The van der Waals surface area contributed by atoms with Gasteiger partial charge in [-0.3, -0.25) is 14.5 Å². The van der Waals surface area contributed by atoms with Crippen molar-refractivity contribution in [3.05, 3.63) is 35.9 Å². The third-order valence-electron chi connectivity index (χ3n) is 4.41. The minimum Gasteiger partial charge on any atom is -0.355 e. The summed E-state index contributed by atoms with van der Waals surface area (Å²) in [4.78, 5) is 29.0. The second kappa shape index (κ2) is 8.80. The van der Waals surface area contributed by atoms with Gasteiger partial charge in [-0.25, -0.2) is 0 Å². The number of nitrogens with zero attached hydrogens (tertiary/aromatic N) is 2. The number of carbonyl (C=O) groups excluding carboxylic acids is 2. The van der Waals surface area contributed by atoms with Crippen LogP contribution in [0.25, 0.3) is 0 Å². The molecule has 1 heterocycles. The highest BCUT2D eigenvalue weighted by molar-refractivity contribution is 5.85. The maximum Gasteiger partial charge on any atom is 0.244 e. The highest BCUT2D eigenvalue weighted by atomic mass is 16.2. The van der Waals surface area contributed by atoms with Crippen LogP contribution in [0.1, 0.15) is 24.4 Å². The van der Waals surface area contributed by atoms with Crippen molar-refractivity contribution in [2.24, 2.45) is 11.7 Å². The minimum atomic E-state index is -0.322. The SMILES string of the molecule is CN(C)C(C(=O)N1CCCC(C(=O)NCCN)C1)c1ccccc1. The van der Waals surface area contributed by atoms with Gasteiger partial charge in [-0.05, 0) is 32.5 Å². The van der Waals surface area contributed by atoms with Crippen molar-refractivity contribution < 1.29 is 9.59 Å². The Hall–Kier alpha value is -1.92. The maximum absolute atomic E-state index is 13.1. The fourth-order valence-corrected chi connectivity index (χ4v) is 3.20. The summed E-state index contributed by atoms with van der Waals surface area (Å²) < 4.78 is 0. The lowest BCUT2D eigenvalue weighted by atomic mass is 9.95. The van der Waals surface area contributed by atoms with Gasteiger partial charge in [-0.15, -0.1) is 0 Å². The van der Waals surface area contributed by atoms with Crippen molar-refractivity contribution in [2.75, 3.05) is 40.3 Å². The molecule has 1 aliphatic rings. The van der Waals surface area contributed by atoms with Gasteiger partial charge in [0.15, 0.2) is 0 Å². The second-order valence-electron chi connectivity index (χ2n) is 6.48. The third kappa shape index (κ3) is 4.55. The molecule has 1 aromatic carbocycles. The monoisotopic (exact) mass is 332 g/mol. The molecule has 1 saturated heterocycles. The number of rotatable bonds is 6. The second-order valence-corrected chi connectivity index (χ2v) is 6.48. The Morgan fingerprint density at radius 2 is 2.04 bits per heavy atom. The van der Waals surface area contributed by atoms with E-state index < -0.39 is 0 Å². The van der Waals surface area contributed by atoms with E-state index in [0.29, 0.717) is 26.2 Å². The van der Waals surface area contributed by atoms with Crippen LogP contribution in [0.4, 0.5) is 0 Å². The molecule has 1 fully saturated rings. The number of hydrogen-bond donors (Lipinski definition) is 2. The standard InChI is InChI=1S/C18H28N4O2/c1-21(2)16(14-7-4-3-5-8-14)18(24)22-12-6-9-15(13-22)17(23)20-11-10-19/h3-5,7-8,15-16H,6,9-13,19H2,1-2H3,(H,20,23). The van der Waals surface area contributed by atoms with Gasteiger partial charge in [0, 0.05) is 26.2 Å². The van der Waals surface area contributed by atoms with Crippen LogP contribution in [0.3, 0.4) is 0 Å². The molecule has 1 aromatic rings. The molecule has 2 unspecified atom stereocenters. The molecule has 132 valence electrons. The van der Waals surface area contributed by atoms with Crippen LogP contribution in [0.2, 0.25) is 0 Å². The zero-order chi connectivity index (χ0) is 17.5. The molecule has 2 amide bonds. The molecule has 24 heavy (non-hydrogen) atoms. The fraction of sp³-hybridized carbons (Fsp3) is 0.556. The van der Waals surface area contributed by atoms with Gasteiger partial charge in [-0.1, -0.05) is 30.3 Å². The zero-order valence-electron chi connectivity index (χ0n) is 14.6. The van der Waals surface area contributed by atoms with Crippen LogP contribution in [-0.2, 0) is 9.59 Å². The zero-order valence-corrected chi connectivity index (χ0v) is 14.6. The van der Waals surface area contributed by atoms with Crippen molar-refractivity contribution in [1.82, 2.24) is 15.1 Å². The van der Waals surface area contributed by atoms with Crippen molar-refractivity contribution in [1.29, 1.82) is 0 Å². The van der Waals surface area contributed by atoms with Crippen LogP contribution >= 0.6 is 0 Å². The molecule has 0 aliphatic carbocycles. The van der Waals surface area contributed by atoms with Gasteiger partial charge < -0.3 is 16.0 Å². The third-order valence-corrected chi connectivity index (χ3v) is 4.41. The minimum absolute atomic E-state index is 0.000867. The van der Waals surface area contributed by atoms with E-state index >= 15 is 0 Å². The van der Waals surface area contributed by atoms with E-state index in [2.05, 4.69) is 5.32 Å². The van der Waals surface area contributed by atoms with Crippen LogP contribution in [0.15, 0.2) is 30.3 Å². The van der Waals surface area contributed by atoms with Crippen molar-refractivity contribution in [3.8, 4) is 0 Å². The average molecular weight is 332 g/mol. The van der Waals surface area contributed by atoms with E-state index in [1.165, 1.54) is 0 Å². The van der Waals surface area contributed by atoms with E-state index in [4.69, 9.17) is 5.73 Å². The summed E-state index contributed by atoms with van der Waals surface area (Å²) in [6.07, 6.45) is 1.67. The van der Waals surface area contributed by atoms with E-state index in [1.807, 2.05) is 54.2 Å². The molecule has 0 aromatic heterocycles. The molecule has 1 aliphatic heterocycles. The number of likely N-dealkylation sites (N-methyl/N-ethyl adjacent to an activating group) is 1. The molecule has 3 N–H and O–H groups in total. The molecule has 0 bridgehead atoms. The van der Waals surface area contributed by atoms with Gasteiger partial charge >= 0.3 is 0 Å². The summed E-state index contributed by atoms with van der Waals surface area (Å²) in [5.74, 6) is -0.0885. The Bertz CT molecular complexity index is 547. The Morgan fingerprint density at radius 1 is 1.33 bits per heavy atom. The first-order valence-electron chi connectivity index (χ1n) is 8.52. The van der Waals surface area contributed by atoms with E-state index in [1.54, 1.807) is 0 Å². The lowest BCUT2D eigenvalue weighted by Crippen LogP contribution is -2.49. The normalized spacial score (nSPS) is 19.2. The molecule has 6 heteroatoms. The number of nitrogens with two attached hydrogens (primary N) is 1. The molecule has 0 spiro atoms. The first kappa shape index (κ1) is 18.4. The maximum atomic E-state index is 13.1. The van der Waals surface area contributed by atoms with E-state index in [9.17, 15) is 9.59 Å². The van der Waals surface area contributed by atoms with E-state index in [0.717, 1.165) is 18.4 Å². The van der Waals surface area contributed by atoms with Gasteiger partial charge in [0.2, 0.25) is 11.8 Å². The number of nitrogens with one attached hydrogen (secondary N) is 1. The number of hydrogen-bond acceptors (Lipinski definition) is 4. The Kier molecular flexibility index (Phi) is 6.75. The molecule has 6 nitrogen and oxygen atoms in total. The summed E-state index contributed by atoms with van der Waals surface area (Å²) in [5.41, 5.74) is 6.41. The number of carbonyl (C=O) groups is 2. The molecular weight excluding hydrogens is 304 g/mol. The van der Waals surface area contributed by atoms with Gasteiger partial charge in [-0.2, -0.15) is 0 Å². The molecular formula is C18H28N4O2. The summed E-state index contributed by atoms with van der Waals surface area (Å²) in [6, 6.07) is 9.45. The lowest BCUT2D eigenvalue weighted by Gasteiger charge is -2.36. The first-order valence-corrected chi connectivity index (χ1v) is 8.52. The molecule has 2 rings (SSSR count). The summed E-state index contributed by atoms with van der Waals surface area (Å²) in [5, 5.41) is 2.83. The average Bonchev–Trinajstić information content (AvgIpc) is 2.60. The Morgan fingerprint density at radius 3 is 2.67 bits per heavy atom. The smallest absolute Gasteiger partial charge is 0.244 e. The van der Waals surface area contributed by atoms with Crippen LogP contribution < -0.4 is 11.1 Å². The van der Waals surface area contributed by atoms with Crippen LogP contribution in [0, 0.1) is 5.92 Å². The summed E-state index contributed by atoms with van der Waals surface area (Å²) in [7, 11) is 3.82. The van der Waals surface area contributed by atoms with Gasteiger partial charge in [0.05, 0.1) is 5.92 Å². The largest absolute Gasteiger partial charge is 0.355 e. The Labute approximate surface area is 144 Å². The van der Waals surface area contributed by atoms with Crippen LogP contribution in [0.5, 0.6) is 0 Å². The molecule has 0 radical (unpaired) electrons. The molecule has 2 atom stereocenters. The predicted molar refractivity (Wildman–Crippen MR) is 94.2 cm³/mol. The lowest BCUT2D eigenvalue weighted by molar-refractivity contribution is -0.140. The highest BCUT2D eigenvalue weighted by Crippen LogP contribution is 2.24. The Balaban J connectivity index is 2.08.